The van der Waals surface area contributed by atoms with Crippen LogP contribution in [0.5, 0.6) is 0 Å². The minimum absolute atomic E-state index is 0.300. The Morgan fingerprint density at radius 2 is 2.41 bits per heavy atom. The molecular weight excluding hydrogens is 260 g/mol. The lowest BCUT2D eigenvalue weighted by Gasteiger charge is -1.97. The van der Waals surface area contributed by atoms with E-state index in [1.54, 1.807) is 30.6 Å². The van der Waals surface area contributed by atoms with Crippen LogP contribution in [0.2, 0.25) is 5.02 Å². The van der Waals surface area contributed by atoms with Crippen LogP contribution in [0.25, 0.3) is 10.7 Å². The van der Waals surface area contributed by atoms with Gasteiger partial charge in [-0.2, -0.15) is 0 Å². The van der Waals surface area contributed by atoms with E-state index >= 15 is 0 Å². The molecule has 0 saturated heterocycles. The molecule has 0 spiro atoms. The molecule has 0 fully saturated rings. The first-order chi connectivity index (χ1) is 8.20. The summed E-state index contributed by atoms with van der Waals surface area (Å²) >= 11 is 7.19. The smallest absolute Gasteiger partial charge is 0.357 e. The number of thiazole rings is 1. The summed E-state index contributed by atoms with van der Waals surface area (Å²) in [5.41, 5.74) is 0.951. The van der Waals surface area contributed by atoms with Gasteiger partial charge in [0.25, 0.3) is 0 Å². The molecule has 0 aliphatic heterocycles. The van der Waals surface area contributed by atoms with Crippen molar-refractivity contribution in [3.63, 3.8) is 0 Å². The van der Waals surface area contributed by atoms with Gasteiger partial charge in [0.15, 0.2) is 5.69 Å². The Balaban J connectivity index is 2.27. The van der Waals surface area contributed by atoms with Gasteiger partial charge in [0.05, 0.1) is 6.61 Å². The van der Waals surface area contributed by atoms with Crippen molar-refractivity contribution in [2.45, 2.75) is 6.92 Å². The Morgan fingerprint density at radius 1 is 1.59 bits per heavy atom. The molecule has 6 heteroatoms. The Labute approximate surface area is 107 Å². The number of carbonyl (C=O) groups is 1. The predicted octanol–water partition coefficient (Wildman–Crippen LogP) is 3.04. The summed E-state index contributed by atoms with van der Waals surface area (Å²) in [5.74, 6) is -0.419. The highest BCUT2D eigenvalue weighted by Crippen LogP contribution is 2.24. The first-order valence-corrected chi connectivity index (χ1v) is 6.21. The zero-order valence-electron chi connectivity index (χ0n) is 9.01. The highest BCUT2D eigenvalue weighted by Gasteiger charge is 2.13. The third kappa shape index (κ3) is 2.81. The van der Waals surface area contributed by atoms with E-state index in [-0.39, 0.29) is 0 Å². The van der Waals surface area contributed by atoms with Crippen LogP contribution in [0.1, 0.15) is 17.4 Å². The van der Waals surface area contributed by atoms with Crippen LogP contribution >= 0.6 is 22.9 Å². The van der Waals surface area contributed by atoms with Gasteiger partial charge in [-0.05, 0) is 19.1 Å². The number of carbonyl (C=O) groups excluding carboxylic acids is 1. The number of hydrogen-bond acceptors (Lipinski definition) is 5. The van der Waals surface area contributed by atoms with E-state index < -0.39 is 5.97 Å². The second-order valence-corrected chi connectivity index (χ2v) is 4.41. The van der Waals surface area contributed by atoms with E-state index in [4.69, 9.17) is 16.3 Å². The van der Waals surface area contributed by atoms with E-state index in [0.717, 1.165) is 0 Å². The summed E-state index contributed by atoms with van der Waals surface area (Å²) in [6.45, 7) is 2.09. The van der Waals surface area contributed by atoms with Gasteiger partial charge in [0, 0.05) is 16.6 Å². The molecule has 0 N–H and O–H groups in total. The SMILES string of the molecule is CCOC(=O)c1csc(-c2cc(Cl)ccn2)n1. The van der Waals surface area contributed by atoms with Crippen LogP contribution in [-0.4, -0.2) is 22.5 Å². The summed E-state index contributed by atoms with van der Waals surface area (Å²) in [7, 11) is 0. The standard InChI is InChI=1S/C11H9ClN2O2S/c1-2-16-11(15)9-6-17-10(14-9)8-5-7(12)3-4-13-8/h3-6H,2H2,1H3. The molecule has 0 atom stereocenters. The number of ether oxygens (including phenoxy) is 1. The molecule has 17 heavy (non-hydrogen) atoms. The van der Waals surface area contributed by atoms with Crippen molar-refractivity contribution in [2.75, 3.05) is 6.61 Å². The summed E-state index contributed by atoms with van der Waals surface area (Å²) in [5, 5.41) is 2.88. The molecule has 0 bridgehead atoms. The highest BCUT2D eigenvalue weighted by atomic mass is 35.5. The van der Waals surface area contributed by atoms with Gasteiger partial charge < -0.3 is 4.74 Å². The van der Waals surface area contributed by atoms with Crippen molar-refractivity contribution in [1.29, 1.82) is 0 Å². The van der Waals surface area contributed by atoms with E-state index in [0.29, 0.717) is 28.0 Å². The van der Waals surface area contributed by atoms with Crippen LogP contribution in [0, 0.1) is 0 Å². The van der Waals surface area contributed by atoms with E-state index in [1.165, 1.54) is 11.3 Å². The number of nitrogens with zero attached hydrogens (tertiary/aromatic N) is 2. The molecule has 0 aliphatic rings. The second-order valence-electron chi connectivity index (χ2n) is 3.12. The molecule has 0 radical (unpaired) electrons. The van der Waals surface area contributed by atoms with Crippen LogP contribution in [0.15, 0.2) is 23.7 Å². The fourth-order valence-electron chi connectivity index (χ4n) is 1.21. The first-order valence-electron chi connectivity index (χ1n) is 4.95. The van der Waals surface area contributed by atoms with Crippen molar-refractivity contribution in [1.82, 2.24) is 9.97 Å². The summed E-state index contributed by atoms with van der Waals surface area (Å²) in [4.78, 5) is 19.7. The van der Waals surface area contributed by atoms with Crippen LogP contribution in [-0.2, 0) is 4.74 Å². The van der Waals surface area contributed by atoms with Gasteiger partial charge in [0.2, 0.25) is 0 Å². The first kappa shape index (κ1) is 12.0. The Hall–Kier alpha value is -1.46. The van der Waals surface area contributed by atoms with E-state index in [9.17, 15) is 4.79 Å². The molecule has 2 aromatic heterocycles. The minimum Gasteiger partial charge on any atom is -0.461 e. The van der Waals surface area contributed by atoms with Gasteiger partial charge >= 0.3 is 5.97 Å². The third-order valence-electron chi connectivity index (χ3n) is 1.93. The maximum atomic E-state index is 11.4. The van der Waals surface area contributed by atoms with Gasteiger partial charge in [-0.15, -0.1) is 11.3 Å². The van der Waals surface area contributed by atoms with Crippen LogP contribution in [0.4, 0.5) is 0 Å². The molecule has 2 heterocycles. The highest BCUT2D eigenvalue weighted by molar-refractivity contribution is 7.13. The molecule has 2 rings (SSSR count). The van der Waals surface area contributed by atoms with E-state index in [2.05, 4.69) is 9.97 Å². The fourth-order valence-corrected chi connectivity index (χ4v) is 2.13. The average Bonchev–Trinajstić information content (AvgIpc) is 2.78. The topological polar surface area (TPSA) is 52.1 Å². The summed E-state index contributed by atoms with van der Waals surface area (Å²) in [6, 6.07) is 3.39. The molecular formula is C11H9ClN2O2S. The number of esters is 1. The zero-order chi connectivity index (χ0) is 12.3. The Morgan fingerprint density at radius 3 is 3.12 bits per heavy atom. The number of halogens is 1. The lowest BCUT2D eigenvalue weighted by atomic mass is 10.3. The molecule has 88 valence electrons. The Kier molecular flexibility index (Phi) is 3.71. The molecule has 2 aromatic rings. The quantitative estimate of drug-likeness (QED) is 0.803. The monoisotopic (exact) mass is 268 g/mol. The lowest BCUT2D eigenvalue weighted by Crippen LogP contribution is -2.04. The average molecular weight is 269 g/mol. The molecule has 0 saturated carbocycles. The Bertz CT molecular complexity index is 542. The maximum Gasteiger partial charge on any atom is 0.357 e. The normalized spacial score (nSPS) is 10.2. The van der Waals surface area contributed by atoms with Gasteiger partial charge in [-0.1, -0.05) is 11.6 Å². The van der Waals surface area contributed by atoms with Gasteiger partial charge in [0.1, 0.15) is 10.7 Å². The maximum absolute atomic E-state index is 11.4. The molecule has 0 amide bonds. The number of aromatic nitrogens is 2. The van der Waals surface area contributed by atoms with Crippen LogP contribution in [0.3, 0.4) is 0 Å². The lowest BCUT2D eigenvalue weighted by molar-refractivity contribution is 0.0520. The number of rotatable bonds is 3. The molecule has 0 unspecified atom stereocenters. The molecule has 4 nitrogen and oxygen atoms in total. The largest absolute Gasteiger partial charge is 0.461 e. The summed E-state index contributed by atoms with van der Waals surface area (Å²) < 4.78 is 4.86. The number of pyridine rings is 1. The predicted molar refractivity (Wildman–Crippen MR) is 66.3 cm³/mol. The van der Waals surface area contributed by atoms with Gasteiger partial charge in [-0.3, -0.25) is 4.98 Å². The summed E-state index contributed by atoms with van der Waals surface area (Å²) in [6.07, 6.45) is 1.60. The minimum atomic E-state index is -0.419. The number of hydrogen-bond donors (Lipinski definition) is 0. The van der Waals surface area contributed by atoms with Crippen LogP contribution < -0.4 is 0 Å². The van der Waals surface area contributed by atoms with Crippen molar-refractivity contribution in [3.8, 4) is 10.7 Å². The van der Waals surface area contributed by atoms with Crippen molar-refractivity contribution >= 4 is 28.9 Å². The zero-order valence-corrected chi connectivity index (χ0v) is 10.6. The second kappa shape index (κ2) is 5.25. The molecule has 0 aliphatic carbocycles. The van der Waals surface area contributed by atoms with Crippen molar-refractivity contribution in [3.05, 3.63) is 34.4 Å². The van der Waals surface area contributed by atoms with Crippen molar-refractivity contribution in [2.24, 2.45) is 0 Å². The molecule has 0 aromatic carbocycles. The van der Waals surface area contributed by atoms with Gasteiger partial charge in [-0.25, -0.2) is 9.78 Å². The van der Waals surface area contributed by atoms with E-state index in [1.807, 2.05) is 0 Å². The third-order valence-corrected chi connectivity index (χ3v) is 3.03. The van der Waals surface area contributed by atoms with Crippen molar-refractivity contribution < 1.29 is 9.53 Å². The fraction of sp³-hybridized carbons (Fsp3) is 0.182.